The zero-order chi connectivity index (χ0) is 25.0. The van der Waals surface area contributed by atoms with Crippen LogP contribution in [0.2, 0.25) is 0 Å². The Morgan fingerprint density at radius 3 is 2.40 bits per heavy atom. The second-order valence-electron chi connectivity index (χ2n) is 9.76. The van der Waals surface area contributed by atoms with Crippen molar-refractivity contribution in [3.05, 3.63) is 59.7 Å². The molecule has 188 valence electrons. The highest BCUT2D eigenvalue weighted by Gasteiger charge is 2.50. The molecule has 35 heavy (non-hydrogen) atoms. The first-order valence-electron chi connectivity index (χ1n) is 12.3. The van der Waals surface area contributed by atoms with E-state index in [1.807, 2.05) is 43.3 Å². The van der Waals surface area contributed by atoms with Crippen molar-refractivity contribution in [1.29, 1.82) is 0 Å². The molecule has 4 rings (SSSR count). The number of amides is 1. The highest BCUT2D eigenvalue weighted by atomic mass is 16.6. The van der Waals surface area contributed by atoms with Gasteiger partial charge in [-0.05, 0) is 62.4 Å². The van der Waals surface area contributed by atoms with Crippen molar-refractivity contribution in [2.75, 3.05) is 27.3 Å². The van der Waals surface area contributed by atoms with Crippen molar-refractivity contribution in [2.45, 2.75) is 57.7 Å². The number of likely N-dealkylation sites (tertiary alicyclic amines) is 1. The van der Waals surface area contributed by atoms with E-state index in [1.165, 1.54) is 20.0 Å². The van der Waals surface area contributed by atoms with Crippen LogP contribution >= 0.6 is 0 Å². The summed E-state index contributed by atoms with van der Waals surface area (Å²) in [6.45, 7) is 4.81. The van der Waals surface area contributed by atoms with Crippen LogP contribution in [0.5, 0.6) is 11.5 Å². The summed E-state index contributed by atoms with van der Waals surface area (Å²) in [4.78, 5) is 27.0. The number of nitrogens with zero attached hydrogens (tertiary/aromatic N) is 1. The van der Waals surface area contributed by atoms with Crippen LogP contribution in [-0.2, 0) is 9.47 Å². The number of carbonyl (C=O) groups excluding carboxylic acids is 2. The van der Waals surface area contributed by atoms with E-state index in [-0.39, 0.29) is 18.0 Å². The van der Waals surface area contributed by atoms with E-state index in [2.05, 4.69) is 6.92 Å². The van der Waals surface area contributed by atoms with E-state index in [9.17, 15) is 9.59 Å². The van der Waals surface area contributed by atoms with E-state index < -0.39 is 17.6 Å². The largest absolute Gasteiger partial charge is 0.493 e. The Balaban J connectivity index is 1.63. The monoisotopic (exact) mass is 481 g/mol. The first-order chi connectivity index (χ1) is 16.9. The third-order valence-corrected chi connectivity index (χ3v) is 7.57. The van der Waals surface area contributed by atoms with Crippen LogP contribution in [0, 0.1) is 5.41 Å². The molecular weight excluding hydrogens is 446 g/mol. The molecule has 7 nitrogen and oxygen atoms in total. The molecule has 1 saturated heterocycles. The molecular formula is C28H35NO6. The van der Waals surface area contributed by atoms with Gasteiger partial charge in [0.15, 0.2) is 11.5 Å². The molecule has 2 fully saturated rings. The highest BCUT2D eigenvalue weighted by molar-refractivity contribution is 5.89. The van der Waals surface area contributed by atoms with Crippen LogP contribution in [0.1, 0.15) is 61.4 Å². The maximum absolute atomic E-state index is 12.8. The van der Waals surface area contributed by atoms with Gasteiger partial charge in [-0.1, -0.05) is 31.2 Å². The number of esters is 1. The van der Waals surface area contributed by atoms with Gasteiger partial charge in [-0.15, -0.1) is 0 Å². The molecule has 1 aliphatic heterocycles. The van der Waals surface area contributed by atoms with Crippen molar-refractivity contribution < 1.29 is 28.5 Å². The van der Waals surface area contributed by atoms with Gasteiger partial charge in [0.05, 0.1) is 25.9 Å². The van der Waals surface area contributed by atoms with Crippen molar-refractivity contribution in [2.24, 2.45) is 5.41 Å². The maximum atomic E-state index is 12.8. The fourth-order valence-electron chi connectivity index (χ4n) is 5.31. The van der Waals surface area contributed by atoms with Gasteiger partial charge in [-0.25, -0.2) is 9.59 Å². The predicted octanol–water partition coefficient (Wildman–Crippen LogP) is 5.43. The lowest BCUT2D eigenvalue weighted by Gasteiger charge is -2.36. The number of ether oxygens (including phenoxy) is 4. The van der Waals surface area contributed by atoms with E-state index in [0.717, 1.165) is 18.4 Å². The Labute approximate surface area is 207 Å². The maximum Gasteiger partial charge on any atom is 0.409 e. The second-order valence-corrected chi connectivity index (χ2v) is 9.76. The molecule has 7 heteroatoms. The summed E-state index contributed by atoms with van der Waals surface area (Å²) in [6, 6.07) is 14.9. The van der Waals surface area contributed by atoms with E-state index in [1.54, 1.807) is 24.1 Å². The summed E-state index contributed by atoms with van der Waals surface area (Å²) in [6.07, 6.45) is 3.75. The minimum absolute atomic E-state index is 0.1000. The lowest BCUT2D eigenvalue weighted by atomic mass is 9.72. The van der Waals surface area contributed by atoms with Crippen LogP contribution < -0.4 is 9.47 Å². The number of benzene rings is 2. The number of carbonyl (C=O) groups is 2. The lowest BCUT2D eigenvalue weighted by Crippen LogP contribution is -2.40. The molecule has 2 aliphatic rings. The van der Waals surface area contributed by atoms with Crippen LogP contribution in [0.3, 0.4) is 0 Å². The average Bonchev–Trinajstić information content (AvgIpc) is 3.52. The van der Waals surface area contributed by atoms with Gasteiger partial charge in [-0.2, -0.15) is 0 Å². The lowest BCUT2D eigenvalue weighted by molar-refractivity contribution is -0.00684. The Bertz CT molecular complexity index is 1030. The molecule has 3 unspecified atom stereocenters. The van der Waals surface area contributed by atoms with E-state index in [4.69, 9.17) is 18.9 Å². The fourth-order valence-corrected chi connectivity index (χ4v) is 5.31. The molecule has 0 radical (unpaired) electrons. The first-order valence-corrected chi connectivity index (χ1v) is 12.3. The van der Waals surface area contributed by atoms with Crippen molar-refractivity contribution >= 4 is 12.1 Å². The van der Waals surface area contributed by atoms with Crippen LogP contribution in [-0.4, -0.2) is 56.5 Å². The molecule has 1 heterocycles. The third-order valence-electron chi connectivity index (χ3n) is 7.57. The molecule has 0 N–H and O–H groups in total. The Kier molecular flexibility index (Phi) is 7.53. The standard InChI is InChI=1S/C28H35NO6/c1-19(34-26(30)20-10-6-5-7-11-20)28(2)18-29(27(31)33-4)17-23(28)21-14-15-24(32-3)25(16-21)35-22-12-8-9-13-22/h5-7,10-11,14-16,19,22-23H,8-9,12-13,17-18H2,1-4H3. The molecule has 2 aromatic carbocycles. The minimum atomic E-state index is -0.544. The zero-order valence-corrected chi connectivity index (χ0v) is 21.0. The summed E-state index contributed by atoms with van der Waals surface area (Å²) in [5.74, 6) is 0.921. The molecule has 1 amide bonds. The molecule has 0 bridgehead atoms. The van der Waals surface area contributed by atoms with Crippen LogP contribution in [0.15, 0.2) is 48.5 Å². The Morgan fingerprint density at radius 2 is 1.74 bits per heavy atom. The minimum Gasteiger partial charge on any atom is -0.493 e. The predicted molar refractivity (Wildman–Crippen MR) is 132 cm³/mol. The topological polar surface area (TPSA) is 74.3 Å². The summed E-state index contributed by atoms with van der Waals surface area (Å²) < 4.78 is 22.9. The molecule has 3 atom stereocenters. The van der Waals surface area contributed by atoms with E-state index >= 15 is 0 Å². The summed E-state index contributed by atoms with van der Waals surface area (Å²) in [5.41, 5.74) is 0.965. The summed E-state index contributed by atoms with van der Waals surface area (Å²) >= 11 is 0. The zero-order valence-electron chi connectivity index (χ0n) is 21.0. The normalized spacial score (nSPS) is 23.1. The van der Waals surface area contributed by atoms with Gasteiger partial charge >= 0.3 is 12.1 Å². The van der Waals surface area contributed by atoms with Gasteiger partial charge < -0.3 is 23.8 Å². The average molecular weight is 482 g/mol. The summed E-state index contributed by atoms with van der Waals surface area (Å²) in [7, 11) is 3.02. The summed E-state index contributed by atoms with van der Waals surface area (Å²) in [5, 5.41) is 0. The molecule has 0 aromatic heterocycles. The van der Waals surface area contributed by atoms with Crippen molar-refractivity contribution in [3.63, 3.8) is 0 Å². The first kappa shape index (κ1) is 24.9. The Morgan fingerprint density at radius 1 is 1.03 bits per heavy atom. The number of hydrogen-bond donors (Lipinski definition) is 0. The van der Waals surface area contributed by atoms with Crippen molar-refractivity contribution in [3.8, 4) is 11.5 Å². The van der Waals surface area contributed by atoms with Crippen LogP contribution in [0.25, 0.3) is 0 Å². The third kappa shape index (κ3) is 5.24. The van der Waals surface area contributed by atoms with E-state index in [0.29, 0.717) is 30.2 Å². The number of methoxy groups -OCH3 is 2. The molecule has 0 spiro atoms. The smallest absolute Gasteiger partial charge is 0.409 e. The molecule has 1 aliphatic carbocycles. The molecule has 2 aromatic rings. The van der Waals surface area contributed by atoms with Gasteiger partial charge in [0.1, 0.15) is 6.10 Å². The molecule has 1 saturated carbocycles. The second kappa shape index (κ2) is 10.6. The van der Waals surface area contributed by atoms with Gasteiger partial charge in [0.25, 0.3) is 0 Å². The Hall–Kier alpha value is -3.22. The fraction of sp³-hybridized carbons (Fsp3) is 0.500. The van der Waals surface area contributed by atoms with Crippen molar-refractivity contribution in [1.82, 2.24) is 4.90 Å². The van der Waals surface area contributed by atoms with Crippen LogP contribution in [0.4, 0.5) is 4.79 Å². The number of rotatable bonds is 7. The number of hydrogen-bond acceptors (Lipinski definition) is 6. The highest BCUT2D eigenvalue weighted by Crippen LogP contribution is 2.48. The van der Waals surface area contributed by atoms with Gasteiger partial charge in [-0.3, -0.25) is 0 Å². The van der Waals surface area contributed by atoms with Gasteiger partial charge in [0.2, 0.25) is 0 Å². The SMILES string of the molecule is COC(=O)N1CC(c2ccc(OC)c(OC3CCCC3)c2)C(C)(C(C)OC(=O)c2ccccc2)C1. The quantitative estimate of drug-likeness (QED) is 0.491. The van der Waals surface area contributed by atoms with Gasteiger partial charge in [0, 0.05) is 24.4 Å².